The lowest BCUT2D eigenvalue weighted by molar-refractivity contribution is 0.0695. The summed E-state index contributed by atoms with van der Waals surface area (Å²) in [6.07, 6.45) is 2.08. The molecule has 8 nitrogen and oxygen atoms in total. The third-order valence-electron chi connectivity index (χ3n) is 7.94. The number of benzene rings is 2. The molecule has 3 aliphatic rings. The van der Waals surface area contributed by atoms with Crippen molar-refractivity contribution in [3.63, 3.8) is 0 Å². The highest BCUT2D eigenvalue weighted by atomic mass is 19.1. The highest BCUT2D eigenvalue weighted by Crippen LogP contribution is 2.45. The largest absolute Gasteiger partial charge is 0.477 e. The van der Waals surface area contributed by atoms with Gasteiger partial charge in [0.25, 0.3) is 0 Å². The summed E-state index contributed by atoms with van der Waals surface area (Å²) >= 11 is 0. The van der Waals surface area contributed by atoms with Gasteiger partial charge in [0.05, 0.1) is 11.1 Å². The molecule has 2 aliphatic carbocycles. The second-order valence-corrected chi connectivity index (χ2v) is 10.5. The fourth-order valence-corrected chi connectivity index (χ4v) is 5.49. The first-order valence-electron chi connectivity index (χ1n) is 12.9. The van der Waals surface area contributed by atoms with Gasteiger partial charge >= 0.3 is 5.97 Å². The number of aromatic nitrogens is 2. The Kier molecular flexibility index (Phi) is 6.35. The van der Waals surface area contributed by atoms with E-state index in [0.717, 1.165) is 29.0 Å². The Labute approximate surface area is 226 Å². The smallest absolute Gasteiger partial charge is 0.341 e. The van der Waals surface area contributed by atoms with E-state index >= 15 is 0 Å². The van der Waals surface area contributed by atoms with E-state index in [-0.39, 0.29) is 40.4 Å². The number of hydrogen-bond acceptors (Lipinski definition) is 6. The lowest BCUT2D eigenvalue weighted by Crippen LogP contribution is -2.30. The predicted octanol–water partition coefficient (Wildman–Crippen LogP) is 3.40. The molecular formula is C29H26F3N5O3. The molecule has 0 bridgehead atoms. The van der Waals surface area contributed by atoms with Crippen LogP contribution in [0.15, 0.2) is 65.6 Å². The highest BCUT2D eigenvalue weighted by molar-refractivity contribution is 5.92. The summed E-state index contributed by atoms with van der Waals surface area (Å²) in [7, 11) is 0. The van der Waals surface area contributed by atoms with E-state index in [1.165, 1.54) is 12.0 Å². The standard InChI is InChI=1S/C20H15F3N4O3.C9H11N/c21-8-1-2-15(13(22)3-8)27-7-12(20(29)30)17(28)9-4-14(23)19(25-18(9)27)26-5-10-11(6-26)16(10)24;10-9-6-8(9)7-4-2-1-3-5-7/h1-4,7,10-11,16H,5-6,24H2,(H,29,30);1-5,8-9H,6,10H2/t10-,11+,16+;8-,9+/m.0/s1. The molecule has 0 amide bonds. The monoisotopic (exact) mass is 549 g/mol. The van der Waals surface area contributed by atoms with Crippen LogP contribution in [0.25, 0.3) is 16.7 Å². The van der Waals surface area contributed by atoms with Gasteiger partial charge in [-0.05, 0) is 42.0 Å². The maximum Gasteiger partial charge on any atom is 0.341 e. The first kappa shape index (κ1) is 26.0. The number of piperidine rings is 1. The number of rotatable bonds is 4. The number of nitrogens with two attached hydrogens (primary N) is 2. The van der Waals surface area contributed by atoms with Crippen LogP contribution in [0.1, 0.15) is 28.3 Å². The average molecular weight is 550 g/mol. The van der Waals surface area contributed by atoms with Crippen LogP contribution in [0.2, 0.25) is 0 Å². The van der Waals surface area contributed by atoms with Crippen molar-refractivity contribution >= 4 is 22.8 Å². The average Bonchev–Trinajstić information content (AvgIpc) is 3.74. The summed E-state index contributed by atoms with van der Waals surface area (Å²) < 4.78 is 43.7. The molecule has 0 spiro atoms. The number of pyridine rings is 2. The SMILES string of the molecule is N[C@@H]1C[C@H]1c1ccccc1.N[C@@H]1[C@H]2CN(c3nc4c(cc3F)c(=O)c(C(=O)O)cn4-c3ccc(F)cc3F)C[C@@H]12. The Balaban J connectivity index is 0.000000242. The molecule has 2 aromatic heterocycles. The summed E-state index contributed by atoms with van der Waals surface area (Å²) in [6.45, 7) is 1.01. The Bertz CT molecular complexity index is 1680. The molecule has 0 radical (unpaired) electrons. The number of halogens is 3. The minimum absolute atomic E-state index is 0.0272. The predicted molar refractivity (Wildman–Crippen MR) is 143 cm³/mol. The first-order chi connectivity index (χ1) is 19.1. The number of nitrogens with zero attached hydrogens (tertiary/aromatic N) is 3. The van der Waals surface area contributed by atoms with Crippen LogP contribution < -0.4 is 21.8 Å². The van der Waals surface area contributed by atoms with Crippen molar-refractivity contribution in [3.8, 4) is 5.69 Å². The van der Waals surface area contributed by atoms with Crippen molar-refractivity contribution in [1.29, 1.82) is 0 Å². The molecule has 11 heteroatoms. The Morgan fingerprint density at radius 2 is 1.65 bits per heavy atom. The van der Waals surface area contributed by atoms with Gasteiger partial charge in [0.1, 0.15) is 17.2 Å². The molecule has 206 valence electrons. The zero-order valence-electron chi connectivity index (χ0n) is 21.2. The molecule has 1 saturated heterocycles. The van der Waals surface area contributed by atoms with Crippen molar-refractivity contribution in [2.75, 3.05) is 18.0 Å². The Morgan fingerprint density at radius 3 is 2.25 bits per heavy atom. The van der Waals surface area contributed by atoms with Crippen molar-refractivity contribution in [1.82, 2.24) is 9.55 Å². The first-order valence-corrected chi connectivity index (χ1v) is 12.9. The molecule has 2 aromatic carbocycles. The highest BCUT2D eigenvalue weighted by Gasteiger charge is 2.54. The van der Waals surface area contributed by atoms with E-state index < -0.39 is 34.4 Å². The van der Waals surface area contributed by atoms with Gasteiger partial charge in [0.15, 0.2) is 17.3 Å². The molecule has 3 heterocycles. The summed E-state index contributed by atoms with van der Waals surface area (Å²) in [5.74, 6) is -3.05. The lowest BCUT2D eigenvalue weighted by Gasteiger charge is -2.22. The third kappa shape index (κ3) is 4.61. The molecule has 40 heavy (non-hydrogen) atoms. The molecule has 4 aromatic rings. The number of carboxylic acid groups (broad SMARTS) is 1. The van der Waals surface area contributed by atoms with Crippen LogP contribution in [-0.4, -0.2) is 45.8 Å². The Morgan fingerprint density at radius 1 is 0.975 bits per heavy atom. The van der Waals surface area contributed by atoms with E-state index in [1.807, 2.05) is 6.07 Å². The van der Waals surface area contributed by atoms with Crippen molar-refractivity contribution < 1.29 is 23.1 Å². The molecule has 0 unspecified atom stereocenters. The second kappa shape index (κ2) is 9.76. The van der Waals surface area contributed by atoms with Gasteiger partial charge in [-0.2, -0.15) is 0 Å². The summed E-state index contributed by atoms with van der Waals surface area (Å²) in [5, 5.41) is 9.05. The molecule has 1 aliphatic heterocycles. The van der Waals surface area contributed by atoms with Gasteiger partial charge in [-0.15, -0.1) is 0 Å². The van der Waals surface area contributed by atoms with Crippen LogP contribution in [-0.2, 0) is 0 Å². The molecule has 2 saturated carbocycles. The second-order valence-electron chi connectivity index (χ2n) is 10.5. The number of carboxylic acids is 1. The molecular weight excluding hydrogens is 523 g/mol. The van der Waals surface area contributed by atoms with Crippen LogP contribution in [0, 0.1) is 29.3 Å². The van der Waals surface area contributed by atoms with Gasteiger partial charge in [-0.25, -0.2) is 22.9 Å². The molecule has 3 fully saturated rings. The number of carbonyl (C=O) groups is 1. The minimum atomic E-state index is -1.56. The van der Waals surface area contributed by atoms with E-state index in [1.54, 1.807) is 4.90 Å². The fourth-order valence-electron chi connectivity index (χ4n) is 5.49. The number of aromatic carboxylic acids is 1. The molecule has 5 atom stereocenters. The maximum absolute atomic E-state index is 14.8. The zero-order chi connectivity index (χ0) is 28.3. The lowest BCUT2D eigenvalue weighted by atomic mass is 10.1. The minimum Gasteiger partial charge on any atom is -0.477 e. The van der Waals surface area contributed by atoms with Crippen LogP contribution in [0.3, 0.4) is 0 Å². The van der Waals surface area contributed by atoms with Gasteiger partial charge in [0, 0.05) is 43.4 Å². The molecule has 7 rings (SSSR count). The number of fused-ring (bicyclic) bond motifs is 2. The van der Waals surface area contributed by atoms with E-state index in [9.17, 15) is 27.9 Å². The van der Waals surface area contributed by atoms with E-state index in [0.29, 0.717) is 31.1 Å². The normalized spacial score (nSPS) is 24.3. The van der Waals surface area contributed by atoms with Crippen LogP contribution in [0.5, 0.6) is 0 Å². The van der Waals surface area contributed by atoms with Gasteiger partial charge in [-0.1, -0.05) is 30.3 Å². The van der Waals surface area contributed by atoms with Crippen molar-refractivity contribution in [2.24, 2.45) is 23.3 Å². The van der Waals surface area contributed by atoms with Crippen molar-refractivity contribution in [3.05, 3.63) is 99.6 Å². The zero-order valence-corrected chi connectivity index (χ0v) is 21.2. The van der Waals surface area contributed by atoms with Crippen LogP contribution >= 0.6 is 0 Å². The Hall–Kier alpha value is -4.22. The number of anilines is 1. The third-order valence-corrected chi connectivity index (χ3v) is 7.94. The summed E-state index contributed by atoms with van der Waals surface area (Å²) in [6, 6.07) is 14.6. The quantitative estimate of drug-likeness (QED) is 0.356. The number of hydrogen-bond donors (Lipinski definition) is 3. The van der Waals surface area contributed by atoms with E-state index in [4.69, 9.17) is 11.5 Å². The summed E-state index contributed by atoms with van der Waals surface area (Å²) in [4.78, 5) is 30.1. The van der Waals surface area contributed by atoms with E-state index in [2.05, 4.69) is 29.2 Å². The summed E-state index contributed by atoms with van der Waals surface area (Å²) in [5.41, 5.74) is 11.0. The van der Waals surface area contributed by atoms with Crippen molar-refractivity contribution in [2.45, 2.75) is 24.4 Å². The fraction of sp³-hybridized carbons (Fsp3) is 0.276. The van der Waals surface area contributed by atoms with Gasteiger partial charge in [-0.3, -0.25) is 9.36 Å². The van der Waals surface area contributed by atoms with Gasteiger partial charge < -0.3 is 21.5 Å². The molecule has 5 N–H and O–H groups in total. The van der Waals surface area contributed by atoms with Crippen LogP contribution in [0.4, 0.5) is 19.0 Å². The van der Waals surface area contributed by atoms with Gasteiger partial charge in [0.2, 0.25) is 5.43 Å². The topological polar surface area (TPSA) is 127 Å². The maximum atomic E-state index is 14.8.